The highest BCUT2D eigenvalue weighted by Crippen LogP contribution is 2.07. The third-order valence-electron chi connectivity index (χ3n) is 3.96. The van der Waals surface area contributed by atoms with E-state index in [0.29, 0.717) is 5.56 Å². The van der Waals surface area contributed by atoms with Crippen LogP contribution in [0.5, 0.6) is 0 Å². The van der Waals surface area contributed by atoms with Crippen LogP contribution < -0.4 is 16.2 Å². The number of hydrazine groups is 1. The van der Waals surface area contributed by atoms with Gasteiger partial charge in [-0.05, 0) is 49.2 Å². The Labute approximate surface area is 157 Å². The van der Waals surface area contributed by atoms with Gasteiger partial charge in [-0.2, -0.15) is 0 Å². The van der Waals surface area contributed by atoms with Gasteiger partial charge in [0, 0.05) is 11.1 Å². The monoisotopic (exact) mass is 371 g/mol. The highest BCUT2D eigenvalue weighted by Gasteiger charge is 2.25. The van der Waals surface area contributed by atoms with Crippen molar-refractivity contribution in [1.82, 2.24) is 16.2 Å². The Bertz CT molecular complexity index is 817. The predicted molar refractivity (Wildman–Crippen MR) is 99.3 cm³/mol. The zero-order chi connectivity index (χ0) is 20.0. The molecule has 2 aromatic rings. The smallest absolute Gasteiger partial charge is 0.269 e. The van der Waals surface area contributed by atoms with Crippen molar-refractivity contribution in [3.8, 4) is 0 Å². The Hall–Kier alpha value is -3.22. The van der Waals surface area contributed by atoms with Crippen molar-refractivity contribution in [3.05, 3.63) is 71.0 Å². The molecule has 142 valence electrons. The van der Waals surface area contributed by atoms with Crippen molar-refractivity contribution in [3.63, 3.8) is 0 Å². The third kappa shape index (κ3) is 5.64. The molecule has 0 bridgehead atoms. The summed E-state index contributed by atoms with van der Waals surface area (Å²) in [7, 11) is 0. The Balaban J connectivity index is 1.97. The molecule has 0 unspecified atom stereocenters. The molecule has 0 aliphatic rings. The van der Waals surface area contributed by atoms with Crippen LogP contribution >= 0.6 is 0 Å². The lowest BCUT2D eigenvalue weighted by Crippen LogP contribution is -2.54. The van der Waals surface area contributed by atoms with E-state index in [4.69, 9.17) is 0 Å². The van der Waals surface area contributed by atoms with Crippen LogP contribution in [-0.2, 0) is 4.79 Å². The van der Waals surface area contributed by atoms with Crippen molar-refractivity contribution in [1.29, 1.82) is 0 Å². The SMILES string of the molecule is Cc1ccc(C(=O)NNC(=O)[C@@H](NC(=O)c2ccc(F)cc2)C(C)C)cc1. The van der Waals surface area contributed by atoms with E-state index in [-0.39, 0.29) is 11.5 Å². The first-order valence-electron chi connectivity index (χ1n) is 8.51. The van der Waals surface area contributed by atoms with E-state index in [0.717, 1.165) is 5.56 Å². The van der Waals surface area contributed by atoms with Gasteiger partial charge in [0.05, 0.1) is 0 Å². The minimum absolute atomic E-state index is 0.231. The second kappa shape index (κ2) is 8.93. The summed E-state index contributed by atoms with van der Waals surface area (Å²) in [5, 5.41) is 2.60. The molecule has 0 heterocycles. The maximum Gasteiger partial charge on any atom is 0.269 e. The first-order valence-corrected chi connectivity index (χ1v) is 8.51. The molecule has 0 fully saturated rings. The molecule has 3 amide bonds. The summed E-state index contributed by atoms with van der Waals surface area (Å²) in [5.74, 6) is -2.21. The average molecular weight is 371 g/mol. The summed E-state index contributed by atoms with van der Waals surface area (Å²) in [6.07, 6.45) is 0. The molecular weight excluding hydrogens is 349 g/mol. The number of carbonyl (C=O) groups excluding carboxylic acids is 3. The summed E-state index contributed by atoms with van der Waals surface area (Å²) in [6.45, 7) is 5.43. The highest BCUT2D eigenvalue weighted by atomic mass is 19.1. The van der Waals surface area contributed by atoms with Gasteiger partial charge in [-0.25, -0.2) is 4.39 Å². The number of halogens is 1. The number of hydrogen-bond acceptors (Lipinski definition) is 3. The molecule has 0 saturated heterocycles. The first-order chi connectivity index (χ1) is 12.8. The zero-order valence-electron chi connectivity index (χ0n) is 15.4. The summed E-state index contributed by atoms with van der Waals surface area (Å²) >= 11 is 0. The molecule has 2 aromatic carbocycles. The molecule has 0 aromatic heterocycles. The molecule has 3 N–H and O–H groups in total. The van der Waals surface area contributed by atoms with Crippen molar-refractivity contribution >= 4 is 17.7 Å². The third-order valence-corrected chi connectivity index (χ3v) is 3.96. The van der Waals surface area contributed by atoms with Gasteiger partial charge in [0.25, 0.3) is 17.7 Å². The van der Waals surface area contributed by atoms with E-state index in [1.165, 1.54) is 24.3 Å². The minimum Gasteiger partial charge on any atom is -0.340 e. The van der Waals surface area contributed by atoms with Crippen molar-refractivity contribution in [2.45, 2.75) is 26.8 Å². The normalized spacial score (nSPS) is 11.6. The van der Waals surface area contributed by atoms with Gasteiger partial charge in [0.2, 0.25) is 0 Å². The van der Waals surface area contributed by atoms with E-state index >= 15 is 0 Å². The first kappa shape index (κ1) is 20.1. The predicted octanol–water partition coefficient (Wildman–Crippen LogP) is 2.35. The van der Waals surface area contributed by atoms with Gasteiger partial charge in [-0.1, -0.05) is 31.5 Å². The molecule has 0 aliphatic heterocycles. The van der Waals surface area contributed by atoms with Crippen LogP contribution in [0.25, 0.3) is 0 Å². The molecule has 7 heteroatoms. The fourth-order valence-corrected chi connectivity index (χ4v) is 2.33. The van der Waals surface area contributed by atoms with Crippen LogP contribution in [0.15, 0.2) is 48.5 Å². The Kier molecular flexibility index (Phi) is 6.65. The number of benzene rings is 2. The lowest BCUT2D eigenvalue weighted by Gasteiger charge is -2.22. The van der Waals surface area contributed by atoms with E-state index in [1.54, 1.807) is 38.1 Å². The van der Waals surface area contributed by atoms with Gasteiger partial charge in [0.1, 0.15) is 11.9 Å². The Morgan fingerprint density at radius 2 is 1.33 bits per heavy atom. The minimum atomic E-state index is -0.874. The Morgan fingerprint density at radius 1 is 0.815 bits per heavy atom. The standard InChI is InChI=1S/C20H22FN3O3/c1-12(2)17(22-18(25)14-8-10-16(21)11-9-14)20(27)24-23-19(26)15-6-4-13(3)5-7-15/h4-12,17H,1-3H3,(H,22,25)(H,23,26)(H,24,27)/t17-/m0/s1. The van der Waals surface area contributed by atoms with Crippen LogP contribution in [0, 0.1) is 18.7 Å². The second-order valence-corrected chi connectivity index (χ2v) is 6.51. The number of nitrogens with one attached hydrogen (secondary N) is 3. The van der Waals surface area contributed by atoms with E-state index < -0.39 is 29.6 Å². The van der Waals surface area contributed by atoms with E-state index in [9.17, 15) is 18.8 Å². The fraction of sp³-hybridized carbons (Fsp3) is 0.250. The summed E-state index contributed by atoms with van der Waals surface area (Å²) in [5.41, 5.74) is 6.31. The van der Waals surface area contributed by atoms with E-state index in [2.05, 4.69) is 16.2 Å². The lowest BCUT2D eigenvalue weighted by molar-refractivity contribution is -0.124. The number of aryl methyl sites for hydroxylation is 1. The molecule has 6 nitrogen and oxygen atoms in total. The largest absolute Gasteiger partial charge is 0.340 e. The van der Waals surface area contributed by atoms with Crippen LogP contribution in [-0.4, -0.2) is 23.8 Å². The molecule has 0 radical (unpaired) electrons. The maximum absolute atomic E-state index is 13.0. The van der Waals surface area contributed by atoms with Gasteiger partial charge in [0.15, 0.2) is 0 Å². The number of amides is 3. The molecule has 2 rings (SSSR count). The molecule has 1 atom stereocenters. The van der Waals surface area contributed by atoms with E-state index in [1.807, 2.05) is 6.92 Å². The zero-order valence-corrected chi connectivity index (χ0v) is 15.4. The van der Waals surface area contributed by atoms with Gasteiger partial charge in [-0.3, -0.25) is 25.2 Å². The highest BCUT2D eigenvalue weighted by molar-refractivity contribution is 5.99. The van der Waals surface area contributed by atoms with Crippen LogP contribution in [0.1, 0.15) is 40.1 Å². The van der Waals surface area contributed by atoms with Crippen LogP contribution in [0.4, 0.5) is 4.39 Å². The van der Waals surface area contributed by atoms with Gasteiger partial charge >= 0.3 is 0 Å². The van der Waals surface area contributed by atoms with Crippen LogP contribution in [0.2, 0.25) is 0 Å². The molecule has 0 saturated carbocycles. The summed E-state index contributed by atoms with van der Waals surface area (Å²) in [6, 6.07) is 11.0. The number of rotatable bonds is 5. The number of hydrogen-bond donors (Lipinski definition) is 3. The summed E-state index contributed by atoms with van der Waals surface area (Å²) in [4.78, 5) is 36.7. The quantitative estimate of drug-likeness (QED) is 0.705. The molecular formula is C20H22FN3O3. The van der Waals surface area contributed by atoms with Crippen LogP contribution in [0.3, 0.4) is 0 Å². The molecule has 27 heavy (non-hydrogen) atoms. The maximum atomic E-state index is 13.0. The number of carbonyl (C=O) groups is 3. The fourth-order valence-electron chi connectivity index (χ4n) is 2.33. The second-order valence-electron chi connectivity index (χ2n) is 6.51. The van der Waals surface area contributed by atoms with Gasteiger partial charge in [-0.15, -0.1) is 0 Å². The Morgan fingerprint density at radius 3 is 1.89 bits per heavy atom. The van der Waals surface area contributed by atoms with Gasteiger partial charge < -0.3 is 5.32 Å². The topological polar surface area (TPSA) is 87.3 Å². The van der Waals surface area contributed by atoms with Crippen molar-refractivity contribution in [2.75, 3.05) is 0 Å². The van der Waals surface area contributed by atoms with Crippen molar-refractivity contribution < 1.29 is 18.8 Å². The summed E-state index contributed by atoms with van der Waals surface area (Å²) < 4.78 is 13.0. The average Bonchev–Trinajstić information content (AvgIpc) is 2.64. The van der Waals surface area contributed by atoms with Crippen molar-refractivity contribution in [2.24, 2.45) is 5.92 Å². The molecule has 0 aliphatic carbocycles. The molecule has 0 spiro atoms. The lowest BCUT2D eigenvalue weighted by atomic mass is 10.0.